The van der Waals surface area contributed by atoms with Crippen LogP contribution in [-0.2, 0) is 6.54 Å². The van der Waals surface area contributed by atoms with E-state index in [9.17, 15) is 23.8 Å². The molecule has 1 fully saturated rings. The number of amides is 2. The van der Waals surface area contributed by atoms with Gasteiger partial charge < -0.3 is 15.5 Å². The van der Waals surface area contributed by atoms with Crippen LogP contribution < -0.4 is 15.1 Å². The number of halogens is 2. The van der Waals surface area contributed by atoms with Crippen molar-refractivity contribution >= 4 is 23.5 Å². The topological polar surface area (TPSA) is 102 Å². The van der Waals surface area contributed by atoms with Crippen LogP contribution in [0.25, 0.3) is 0 Å². The largest absolute Gasteiger partial charge is 0.505 e. The molecule has 2 amide bonds. The van der Waals surface area contributed by atoms with Crippen molar-refractivity contribution in [2.24, 2.45) is 0 Å². The molecule has 0 saturated heterocycles. The van der Waals surface area contributed by atoms with Crippen LogP contribution in [0.1, 0.15) is 38.2 Å². The van der Waals surface area contributed by atoms with E-state index in [1.165, 1.54) is 11.1 Å². The highest BCUT2D eigenvalue weighted by atomic mass is 19.1. The lowest BCUT2D eigenvalue weighted by molar-refractivity contribution is 0.126. The Hall–Kier alpha value is -3.01. The molecule has 0 unspecified atom stereocenters. The number of anilines is 3. The zero-order valence-electron chi connectivity index (χ0n) is 16.5. The van der Waals surface area contributed by atoms with E-state index in [1.807, 2.05) is 0 Å². The average Bonchev–Trinajstić information content (AvgIpc) is 2.73. The molecule has 30 heavy (non-hydrogen) atoms. The average molecular weight is 419 g/mol. The molecule has 2 heterocycles. The van der Waals surface area contributed by atoms with Crippen molar-refractivity contribution in [3.63, 3.8) is 0 Å². The fourth-order valence-electron chi connectivity index (χ4n) is 3.93. The van der Waals surface area contributed by atoms with Gasteiger partial charge in [-0.05, 0) is 44.7 Å². The number of carbonyl (C=O) groups excluding carboxylic acids is 1. The number of fused-ring (bicyclic) bond motifs is 1. The molecule has 8 nitrogen and oxygen atoms in total. The van der Waals surface area contributed by atoms with E-state index in [0.717, 1.165) is 29.9 Å². The molecule has 0 atom stereocenters. The molecule has 160 valence electrons. The highest BCUT2D eigenvalue weighted by Crippen LogP contribution is 2.36. The van der Waals surface area contributed by atoms with Crippen molar-refractivity contribution in [2.75, 3.05) is 21.7 Å². The van der Waals surface area contributed by atoms with Gasteiger partial charge >= 0.3 is 6.03 Å². The second-order valence-corrected chi connectivity index (χ2v) is 7.53. The second-order valence-electron chi connectivity index (χ2n) is 7.53. The van der Waals surface area contributed by atoms with Crippen LogP contribution >= 0.6 is 0 Å². The van der Waals surface area contributed by atoms with Crippen LogP contribution in [0.15, 0.2) is 18.3 Å². The number of aliphatic hydroxyl groups excluding tert-OH is 1. The SMILES string of the molecule is CCN1C(=O)N(c2c(F)ccc(O)c2F)Cc2cnc(NC3CCC(O)CC3)nc21. The summed E-state index contributed by atoms with van der Waals surface area (Å²) in [6.07, 6.45) is 4.26. The van der Waals surface area contributed by atoms with Crippen LogP contribution in [0, 0.1) is 11.6 Å². The number of hydrogen-bond donors (Lipinski definition) is 3. The van der Waals surface area contributed by atoms with Crippen LogP contribution in [0.3, 0.4) is 0 Å². The summed E-state index contributed by atoms with van der Waals surface area (Å²) in [6.45, 7) is 1.84. The minimum Gasteiger partial charge on any atom is -0.505 e. The van der Waals surface area contributed by atoms with Gasteiger partial charge in [0.1, 0.15) is 17.3 Å². The summed E-state index contributed by atoms with van der Waals surface area (Å²) in [5.74, 6) is -2.13. The lowest BCUT2D eigenvalue weighted by Crippen LogP contribution is -2.48. The number of aromatic nitrogens is 2. The third-order valence-electron chi connectivity index (χ3n) is 5.55. The molecule has 3 N–H and O–H groups in total. The Morgan fingerprint density at radius 1 is 1.23 bits per heavy atom. The van der Waals surface area contributed by atoms with Gasteiger partial charge in [-0.1, -0.05) is 0 Å². The fraction of sp³-hybridized carbons (Fsp3) is 0.450. The summed E-state index contributed by atoms with van der Waals surface area (Å²) >= 11 is 0. The van der Waals surface area contributed by atoms with Crippen molar-refractivity contribution in [3.05, 3.63) is 35.5 Å². The Kier molecular flexibility index (Phi) is 5.42. The first-order valence-corrected chi connectivity index (χ1v) is 9.95. The molecule has 0 spiro atoms. The van der Waals surface area contributed by atoms with Gasteiger partial charge in [0.15, 0.2) is 11.6 Å². The molecule has 1 aliphatic carbocycles. The predicted molar refractivity (Wildman–Crippen MR) is 107 cm³/mol. The Morgan fingerprint density at radius 2 is 1.97 bits per heavy atom. The highest BCUT2D eigenvalue weighted by Gasteiger charge is 2.35. The van der Waals surface area contributed by atoms with Gasteiger partial charge in [0.05, 0.1) is 12.6 Å². The Morgan fingerprint density at radius 3 is 2.67 bits per heavy atom. The Bertz CT molecular complexity index is 966. The number of carbonyl (C=O) groups is 1. The molecule has 0 bridgehead atoms. The maximum absolute atomic E-state index is 14.4. The molecule has 2 aliphatic rings. The van der Waals surface area contributed by atoms with E-state index < -0.39 is 29.1 Å². The molecule has 1 aliphatic heterocycles. The number of nitrogens with one attached hydrogen (secondary N) is 1. The third kappa shape index (κ3) is 3.62. The minimum atomic E-state index is -1.19. The number of nitrogens with zero attached hydrogens (tertiary/aromatic N) is 4. The van der Waals surface area contributed by atoms with E-state index in [-0.39, 0.29) is 25.2 Å². The van der Waals surface area contributed by atoms with Gasteiger partial charge in [0, 0.05) is 24.3 Å². The molecule has 1 saturated carbocycles. The minimum absolute atomic E-state index is 0.127. The maximum atomic E-state index is 14.4. The number of aromatic hydroxyl groups is 1. The number of urea groups is 1. The first-order chi connectivity index (χ1) is 14.4. The smallest absolute Gasteiger partial charge is 0.330 e. The van der Waals surface area contributed by atoms with Crippen LogP contribution in [-0.4, -0.2) is 44.9 Å². The highest BCUT2D eigenvalue weighted by molar-refractivity contribution is 6.05. The summed E-state index contributed by atoms with van der Waals surface area (Å²) in [5.41, 5.74) is -0.0738. The number of phenolic OH excluding ortho intramolecular Hbond substituents is 1. The molecule has 2 aromatic rings. The second kappa shape index (κ2) is 8.02. The van der Waals surface area contributed by atoms with E-state index in [4.69, 9.17) is 0 Å². The zero-order chi connectivity index (χ0) is 21.4. The van der Waals surface area contributed by atoms with E-state index in [2.05, 4.69) is 15.3 Å². The number of benzene rings is 1. The molecule has 0 radical (unpaired) electrons. The van der Waals surface area contributed by atoms with Crippen molar-refractivity contribution < 1.29 is 23.8 Å². The van der Waals surface area contributed by atoms with Gasteiger partial charge in [-0.25, -0.2) is 18.6 Å². The van der Waals surface area contributed by atoms with Crippen molar-refractivity contribution in [3.8, 4) is 5.75 Å². The van der Waals surface area contributed by atoms with Gasteiger partial charge in [-0.3, -0.25) is 9.80 Å². The zero-order valence-corrected chi connectivity index (χ0v) is 16.5. The van der Waals surface area contributed by atoms with Crippen molar-refractivity contribution in [1.29, 1.82) is 0 Å². The first-order valence-electron chi connectivity index (χ1n) is 9.95. The molecule has 10 heteroatoms. The van der Waals surface area contributed by atoms with Crippen molar-refractivity contribution in [1.82, 2.24) is 9.97 Å². The summed E-state index contributed by atoms with van der Waals surface area (Å²) in [4.78, 5) is 24.0. The predicted octanol–water partition coefficient (Wildman–Crippen LogP) is 3.14. The van der Waals surface area contributed by atoms with Crippen LogP contribution in [0.4, 0.5) is 31.0 Å². The van der Waals surface area contributed by atoms with Crippen molar-refractivity contribution in [2.45, 2.75) is 51.3 Å². The number of rotatable bonds is 4. The van der Waals surface area contributed by atoms with E-state index in [1.54, 1.807) is 6.92 Å². The molecular formula is C20H23F2N5O3. The third-order valence-corrected chi connectivity index (χ3v) is 5.55. The normalized spacial score (nSPS) is 21.5. The summed E-state index contributed by atoms with van der Waals surface area (Å²) in [6, 6.07) is 1.31. The van der Waals surface area contributed by atoms with Gasteiger partial charge in [0.2, 0.25) is 5.95 Å². The number of aliphatic hydroxyl groups is 1. The van der Waals surface area contributed by atoms with E-state index >= 15 is 0 Å². The lowest BCUT2D eigenvalue weighted by Gasteiger charge is -2.36. The Labute approximate surface area is 172 Å². The molecular weight excluding hydrogens is 396 g/mol. The standard InChI is InChI=1S/C20H23F2N5O3/c1-2-26-18-11(9-23-19(25-18)24-12-3-5-13(28)6-4-12)10-27(20(26)30)17-14(21)7-8-15(29)16(17)22/h7-9,12-13,28-29H,2-6,10H2,1H3,(H,23,24,25). The van der Waals surface area contributed by atoms with Crippen LogP contribution in [0.5, 0.6) is 5.75 Å². The molecule has 1 aromatic heterocycles. The van der Waals surface area contributed by atoms with Gasteiger partial charge in [0.25, 0.3) is 0 Å². The van der Waals surface area contributed by atoms with Crippen LogP contribution in [0.2, 0.25) is 0 Å². The summed E-state index contributed by atoms with van der Waals surface area (Å²) < 4.78 is 28.7. The summed E-state index contributed by atoms with van der Waals surface area (Å²) in [5, 5.41) is 22.5. The first kappa shape index (κ1) is 20.3. The fourth-order valence-corrected chi connectivity index (χ4v) is 3.93. The Balaban J connectivity index is 1.64. The monoisotopic (exact) mass is 419 g/mol. The summed E-state index contributed by atoms with van der Waals surface area (Å²) in [7, 11) is 0. The van der Waals surface area contributed by atoms with Gasteiger partial charge in [-0.2, -0.15) is 4.98 Å². The molecule has 1 aromatic carbocycles. The van der Waals surface area contributed by atoms with E-state index in [0.29, 0.717) is 30.2 Å². The number of hydrogen-bond acceptors (Lipinski definition) is 6. The lowest BCUT2D eigenvalue weighted by atomic mass is 9.93. The number of phenols is 1. The van der Waals surface area contributed by atoms with Gasteiger partial charge in [-0.15, -0.1) is 0 Å². The quantitative estimate of drug-likeness (QED) is 0.704. The maximum Gasteiger partial charge on any atom is 0.330 e. The molecule has 4 rings (SSSR count).